The van der Waals surface area contributed by atoms with Crippen LogP contribution < -0.4 is 0 Å². The Morgan fingerprint density at radius 1 is 1.25 bits per heavy atom. The van der Waals surface area contributed by atoms with Crippen LogP contribution in [0.25, 0.3) is 11.3 Å². The molecule has 0 aliphatic carbocycles. The molecule has 0 bridgehead atoms. The van der Waals surface area contributed by atoms with Crippen LogP contribution in [0, 0.1) is 5.82 Å². The first-order valence-corrected chi connectivity index (χ1v) is 5.49. The number of unbranched alkanes of at least 4 members (excludes halogenated alkanes) is 1. The van der Waals surface area contributed by atoms with E-state index in [4.69, 9.17) is 4.42 Å². The standard InChI is InChI=1S/C13H14FNO/c1-2-3-4-12-13(16-9-15-12)10-5-7-11(14)8-6-10/h5-9H,2-4H2,1H3. The predicted molar refractivity (Wildman–Crippen MR) is 60.5 cm³/mol. The van der Waals surface area contributed by atoms with E-state index in [1.165, 1.54) is 18.5 Å². The highest BCUT2D eigenvalue weighted by Crippen LogP contribution is 2.24. The van der Waals surface area contributed by atoms with Crippen molar-refractivity contribution in [2.24, 2.45) is 0 Å². The lowest BCUT2D eigenvalue weighted by molar-refractivity contribution is 0.570. The van der Waals surface area contributed by atoms with Crippen LogP contribution in [0.2, 0.25) is 0 Å². The van der Waals surface area contributed by atoms with Gasteiger partial charge in [0, 0.05) is 5.56 Å². The predicted octanol–water partition coefficient (Wildman–Crippen LogP) is 3.82. The molecule has 0 aliphatic rings. The molecule has 3 heteroatoms. The van der Waals surface area contributed by atoms with Crippen LogP contribution in [-0.2, 0) is 6.42 Å². The van der Waals surface area contributed by atoms with Gasteiger partial charge in [0.2, 0.25) is 0 Å². The summed E-state index contributed by atoms with van der Waals surface area (Å²) in [5, 5.41) is 0. The quantitative estimate of drug-likeness (QED) is 0.781. The normalized spacial score (nSPS) is 10.6. The summed E-state index contributed by atoms with van der Waals surface area (Å²) < 4.78 is 18.1. The van der Waals surface area contributed by atoms with Crippen LogP contribution in [0.5, 0.6) is 0 Å². The minimum absolute atomic E-state index is 0.238. The van der Waals surface area contributed by atoms with Crippen LogP contribution in [0.1, 0.15) is 25.5 Å². The van der Waals surface area contributed by atoms with E-state index in [0.717, 1.165) is 36.3 Å². The fourth-order valence-corrected chi connectivity index (χ4v) is 1.63. The van der Waals surface area contributed by atoms with Crippen molar-refractivity contribution >= 4 is 0 Å². The lowest BCUT2D eigenvalue weighted by Crippen LogP contribution is -1.88. The van der Waals surface area contributed by atoms with Crippen LogP contribution >= 0.6 is 0 Å². The number of aryl methyl sites for hydroxylation is 1. The molecule has 0 amide bonds. The Morgan fingerprint density at radius 3 is 2.69 bits per heavy atom. The molecule has 0 spiro atoms. The highest BCUT2D eigenvalue weighted by molar-refractivity contribution is 5.59. The van der Waals surface area contributed by atoms with Gasteiger partial charge in [0.15, 0.2) is 12.2 Å². The average molecular weight is 219 g/mol. The second-order valence-electron chi connectivity index (χ2n) is 3.74. The Bertz CT molecular complexity index is 447. The summed E-state index contributed by atoms with van der Waals surface area (Å²) in [6.45, 7) is 2.14. The molecule has 0 atom stereocenters. The molecule has 2 nitrogen and oxygen atoms in total. The zero-order valence-electron chi connectivity index (χ0n) is 9.24. The molecule has 2 aromatic rings. The van der Waals surface area contributed by atoms with E-state index in [1.54, 1.807) is 12.1 Å². The second-order valence-corrected chi connectivity index (χ2v) is 3.74. The average Bonchev–Trinajstić information content (AvgIpc) is 2.75. The number of rotatable bonds is 4. The summed E-state index contributed by atoms with van der Waals surface area (Å²) in [6.07, 6.45) is 4.56. The lowest BCUT2D eigenvalue weighted by Gasteiger charge is -2.00. The second kappa shape index (κ2) is 4.92. The first kappa shape index (κ1) is 10.9. The third-order valence-corrected chi connectivity index (χ3v) is 2.51. The molecule has 0 unspecified atom stereocenters. The molecule has 16 heavy (non-hydrogen) atoms. The van der Waals surface area contributed by atoms with E-state index in [-0.39, 0.29) is 5.82 Å². The molecule has 84 valence electrons. The maximum absolute atomic E-state index is 12.8. The molecular formula is C13H14FNO. The van der Waals surface area contributed by atoms with Gasteiger partial charge >= 0.3 is 0 Å². The van der Waals surface area contributed by atoms with Crippen molar-refractivity contribution in [2.75, 3.05) is 0 Å². The van der Waals surface area contributed by atoms with Gasteiger partial charge in [-0.05, 0) is 37.1 Å². The third-order valence-electron chi connectivity index (χ3n) is 2.51. The van der Waals surface area contributed by atoms with Gasteiger partial charge in [0.25, 0.3) is 0 Å². The molecule has 0 saturated heterocycles. The SMILES string of the molecule is CCCCc1ncoc1-c1ccc(F)cc1. The van der Waals surface area contributed by atoms with Crippen molar-refractivity contribution in [3.05, 3.63) is 42.2 Å². The molecule has 0 saturated carbocycles. The summed E-state index contributed by atoms with van der Waals surface area (Å²) >= 11 is 0. The van der Waals surface area contributed by atoms with Crippen molar-refractivity contribution in [1.82, 2.24) is 4.98 Å². The van der Waals surface area contributed by atoms with Gasteiger partial charge in [-0.25, -0.2) is 9.37 Å². The minimum Gasteiger partial charge on any atom is -0.443 e. The first-order chi connectivity index (χ1) is 7.81. The topological polar surface area (TPSA) is 26.0 Å². The van der Waals surface area contributed by atoms with Crippen LogP contribution in [0.15, 0.2) is 35.1 Å². The van der Waals surface area contributed by atoms with E-state index in [1.807, 2.05) is 0 Å². The van der Waals surface area contributed by atoms with E-state index in [0.29, 0.717) is 0 Å². The van der Waals surface area contributed by atoms with Crippen LogP contribution in [0.4, 0.5) is 4.39 Å². The Hall–Kier alpha value is -1.64. The Labute approximate surface area is 94.1 Å². The fraction of sp³-hybridized carbons (Fsp3) is 0.308. The largest absolute Gasteiger partial charge is 0.443 e. The number of aromatic nitrogens is 1. The first-order valence-electron chi connectivity index (χ1n) is 5.49. The maximum Gasteiger partial charge on any atom is 0.181 e. The summed E-state index contributed by atoms with van der Waals surface area (Å²) in [5.74, 6) is 0.520. The van der Waals surface area contributed by atoms with E-state index in [2.05, 4.69) is 11.9 Å². The minimum atomic E-state index is -0.238. The molecule has 0 radical (unpaired) electrons. The van der Waals surface area contributed by atoms with Crippen molar-refractivity contribution in [1.29, 1.82) is 0 Å². The summed E-state index contributed by atoms with van der Waals surface area (Å²) in [7, 11) is 0. The molecule has 0 fully saturated rings. The van der Waals surface area contributed by atoms with Crippen molar-refractivity contribution in [3.63, 3.8) is 0 Å². The molecule has 1 aromatic heterocycles. The van der Waals surface area contributed by atoms with E-state index >= 15 is 0 Å². The lowest BCUT2D eigenvalue weighted by atomic mass is 10.1. The molecule has 2 rings (SSSR count). The van der Waals surface area contributed by atoms with Gasteiger partial charge in [-0.2, -0.15) is 0 Å². The number of halogens is 1. The van der Waals surface area contributed by atoms with Gasteiger partial charge < -0.3 is 4.42 Å². The Balaban J connectivity index is 2.26. The van der Waals surface area contributed by atoms with Gasteiger partial charge in [0.1, 0.15) is 5.82 Å². The van der Waals surface area contributed by atoms with Crippen LogP contribution in [0.3, 0.4) is 0 Å². The molecule has 1 aromatic carbocycles. The molecule has 0 aliphatic heterocycles. The van der Waals surface area contributed by atoms with Gasteiger partial charge in [-0.15, -0.1) is 0 Å². The highest BCUT2D eigenvalue weighted by Gasteiger charge is 2.09. The van der Waals surface area contributed by atoms with Gasteiger partial charge in [-0.1, -0.05) is 13.3 Å². The smallest absolute Gasteiger partial charge is 0.181 e. The number of nitrogens with zero attached hydrogens (tertiary/aromatic N) is 1. The number of benzene rings is 1. The van der Waals surface area contributed by atoms with Crippen molar-refractivity contribution in [3.8, 4) is 11.3 Å². The maximum atomic E-state index is 12.8. The van der Waals surface area contributed by atoms with Gasteiger partial charge in [-0.3, -0.25) is 0 Å². The molecule has 1 heterocycles. The number of hydrogen-bond donors (Lipinski definition) is 0. The van der Waals surface area contributed by atoms with Crippen molar-refractivity contribution in [2.45, 2.75) is 26.2 Å². The third kappa shape index (κ3) is 2.30. The zero-order valence-corrected chi connectivity index (χ0v) is 9.24. The van der Waals surface area contributed by atoms with E-state index in [9.17, 15) is 4.39 Å². The van der Waals surface area contributed by atoms with Crippen molar-refractivity contribution < 1.29 is 8.81 Å². The zero-order chi connectivity index (χ0) is 11.4. The Morgan fingerprint density at radius 2 is 2.00 bits per heavy atom. The summed E-state index contributed by atoms with van der Waals surface area (Å²) in [5.41, 5.74) is 1.83. The molecular weight excluding hydrogens is 205 g/mol. The summed E-state index contributed by atoms with van der Waals surface area (Å²) in [4.78, 5) is 4.19. The van der Waals surface area contributed by atoms with Gasteiger partial charge in [0.05, 0.1) is 5.69 Å². The van der Waals surface area contributed by atoms with E-state index < -0.39 is 0 Å². The number of hydrogen-bond acceptors (Lipinski definition) is 2. The highest BCUT2D eigenvalue weighted by atomic mass is 19.1. The monoisotopic (exact) mass is 219 g/mol. The number of oxazole rings is 1. The summed E-state index contributed by atoms with van der Waals surface area (Å²) in [6, 6.07) is 6.29. The van der Waals surface area contributed by atoms with Crippen LogP contribution in [-0.4, -0.2) is 4.98 Å². The fourth-order valence-electron chi connectivity index (χ4n) is 1.63. The Kier molecular flexibility index (Phi) is 3.34. The molecule has 0 N–H and O–H groups in total.